The molecule has 0 fully saturated rings. The van der Waals surface area contributed by atoms with Crippen molar-refractivity contribution in [2.45, 2.75) is 41.0 Å². The van der Waals surface area contributed by atoms with Crippen LogP contribution in [0.2, 0.25) is 0 Å². The van der Waals surface area contributed by atoms with Crippen molar-refractivity contribution in [1.29, 1.82) is 0 Å². The summed E-state index contributed by atoms with van der Waals surface area (Å²) in [6.07, 6.45) is 0.498. The highest BCUT2D eigenvalue weighted by Crippen LogP contribution is 2.47. The minimum absolute atomic E-state index is 0.313. The number of esters is 2. The van der Waals surface area contributed by atoms with Gasteiger partial charge in [-0.05, 0) is 81.6 Å². The molecule has 0 radical (unpaired) electrons. The largest absolute Gasteiger partial charge is 0.492 e. The van der Waals surface area contributed by atoms with E-state index in [1.807, 2.05) is 71.0 Å². The molecule has 36 heavy (non-hydrogen) atoms. The fourth-order valence-electron chi connectivity index (χ4n) is 4.15. The van der Waals surface area contributed by atoms with Gasteiger partial charge in [-0.15, -0.1) is 0 Å². The van der Waals surface area contributed by atoms with Gasteiger partial charge in [0.05, 0.1) is 18.2 Å². The second-order valence-electron chi connectivity index (χ2n) is 9.02. The van der Waals surface area contributed by atoms with Gasteiger partial charge >= 0.3 is 11.9 Å². The fourth-order valence-corrected chi connectivity index (χ4v) is 4.15. The highest BCUT2D eigenvalue weighted by Gasteiger charge is 2.26. The molecule has 0 aliphatic rings. The maximum absolute atomic E-state index is 13.1. The van der Waals surface area contributed by atoms with Crippen molar-refractivity contribution in [3.63, 3.8) is 0 Å². The van der Waals surface area contributed by atoms with Crippen LogP contribution >= 0.6 is 0 Å². The summed E-state index contributed by atoms with van der Waals surface area (Å²) in [4.78, 5) is 26.2. The normalized spacial score (nSPS) is 10.8. The molecule has 4 aromatic rings. The zero-order valence-electron chi connectivity index (χ0n) is 21.5. The summed E-state index contributed by atoms with van der Waals surface area (Å²) in [6.45, 7) is 9.84. The van der Waals surface area contributed by atoms with Gasteiger partial charge in [-0.2, -0.15) is 0 Å². The van der Waals surface area contributed by atoms with E-state index in [4.69, 9.17) is 14.2 Å². The first-order valence-corrected chi connectivity index (χ1v) is 11.9. The topological polar surface area (TPSA) is 61.8 Å². The summed E-state index contributed by atoms with van der Waals surface area (Å²) >= 11 is 0. The van der Waals surface area contributed by atoms with Crippen LogP contribution in [0.1, 0.15) is 55.5 Å². The van der Waals surface area contributed by atoms with Crippen molar-refractivity contribution in [3.05, 3.63) is 99.6 Å². The van der Waals surface area contributed by atoms with Crippen LogP contribution in [0.5, 0.6) is 17.2 Å². The van der Waals surface area contributed by atoms with Gasteiger partial charge in [-0.1, -0.05) is 42.3 Å². The molecule has 0 heterocycles. The second-order valence-corrected chi connectivity index (χ2v) is 9.02. The Bertz CT molecular complexity index is 1340. The Morgan fingerprint density at radius 1 is 0.639 bits per heavy atom. The van der Waals surface area contributed by atoms with Crippen LogP contribution in [0.4, 0.5) is 0 Å². The number of fused-ring (bicyclic) bond motifs is 1. The van der Waals surface area contributed by atoms with Crippen LogP contribution in [0.3, 0.4) is 0 Å². The summed E-state index contributed by atoms with van der Waals surface area (Å²) in [7, 11) is 1.52. The number of benzene rings is 4. The van der Waals surface area contributed by atoms with Crippen molar-refractivity contribution < 1.29 is 23.8 Å². The minimum Gasteiger partial charge on any atom is -0.492 e. The number of methoxy groups -OCH3 is 1. The summed E-state index contributed by atoms with van der Waals surface area (Å²) in [5.41, 5.74) is 5.68. The Labute approximate surface area is 211 Å². The van der Waals surface area contributed by atoms with Gasteiger partial charge in [0.1, 0.15) is 5.75 Å². The first kappa shape index (κ1) is 25.0. The van der Waals surface area contributed by atoms with Crippen LogP contribution in [-0.2, 0) is 6.42 Å². The molecule has 0 saturated heterocycles. The van der Waals surface area contributed by atoms with E-state index >= 15 is 0 Å². The Hall–Kier alpha value is -4.12. The van der Waals surface area contributed by atoms with Crippen molar-refractivity contribution in [2.24, 2.45) is 0 Å². The van der Waals surface area contributed by atoms with Crippen LogP contribution in [0, 0.1) is 27.7 Å². The molecule has 0 atom stereocenters. The maximum Gasteiger partial charge on any atom is 0.343 e. The van der Waals surface area contributed by atoms with E-state index in [-0.39, 0.29) is 0 Å². The molecule has 5 heteroatoms. The smallest absolute Gasteiger partial charge is 0.343 e. The van der Waals surface area contributed by atoms with Gasteiger partial charge in [-0.25, -0.2) is 9.59 Å². The van der Waals surface area contributed by atoms with Crippen LogP contribution in [0.25, 0.3) is 10.8 Å². The number of hydrogen-bond donors (Lipinski definition) is 0. The molecule has 184 valence electrons. The molecule has 4 aromatic carbocycles. The van der Waals surface area contributed by atoms with Crippen molar-refractivity contribution in [1.82, 2.24) is 0 Å². The molecule has 4 rings (SSSR count). The Kier molecular flexibility index (Phi) is 7.11. The summed E-state index contributed by atoms with van der Waals surface area (Å²) in [5.74, 6) is 0.150. The van der Waals surface area contributed by atoms with E-state index < -0.39 is 11.9 Å². The summed E-state index contributed by atoms with van der Waals surface area (Å²) in [5, 5.41) is 1.32. The molecular weight excluding hydrogens is 452 g/mol. The minimum atomic E-state index is -0.487. The molecule has 0 N–H and O–H groups in total. The zero-order valence-corrected chi connectivity index (χ0v) is 21.5. The van der Waals surface area contributed by atoms with Gasteiger partial charge in [-0.3, -0.25) is 0 Å². The lowest BCUT2D eigenvalue weighted by Gasteiger charge is -2.21. The molecular formula is C31H30O5. The fraction of sp³-hybridized carbons (Fsp3) is 0.226. The van der Waals surface area contributed by atoms with E-state index in [0.717, 1.165) is 22.3 Å². The Balaban J connectivity index is 1.89. The van der Waals surface area contributed by atoms with Gasteiger partial charge in [0.2, 0.25) is 0 Å². The second kappa shape index (κ2) is 10.2. The molecule has 0 spiro atoms. The van der Waals surface area contributed by atoms with E-state index in [1.54, 1.807) is 24.3 Å². The van der Waals surface area contributed by atoms with E-state index in [0.29, 0.717) is 51.1 Å². The Morgan fingerprint density at radius 2 is 1.06 bits per heavy atom. The SMILES string of the molecule is CCc1c(OC)c(OC(=O)c2ccc(C)cc2)c2cc(C)c(C)cc2c1OC(=O)c1ccc(C)cc1. The van der Waals surface area contributed by atoms with Gasteiger partial charge in [0.25, 0.3) is 0 Å². The number of hydrogen-bond acceptors (Lipinski definition) is 5. The van der Waals surface area contributed by atoms with Crippen LogP contribution in [0.15, 0.2) is 60.7 Å². The lowest BCUT2D eigenvalue weighted by Crippen LogP contribution is -2.13. The third-order valence-corrected chi connectivity index (χ3v) is 6.40. The van der Waals surface area contributed by atoms with Gasteiger partial charge < -0.3 is 14.2 Å². The summed E-state index contributed by atoms with van der Waals surface area (Å²) in [6, 6.07) is 18.3. The number of rotatable bonds is 6. The van der Waals surface area contributed by atoms with Crippen molar-refractivity contribution >= 4 is 22.7 Å². The molecule has 0 unspecified atom stereocenters. The molecule has 0 aromatic heterocycles. The molecule has 5 nitrogen and oxygen atoms in total. The quantitative estimate of drug-likeness (QED) is 0.217. The molecule has 0 aliphatic heterocycles. The van der Waals surface area contributed by atoms with Crippen LogP contribution in [-0.4, -0.2) is 19.0 Å². The third kappa shape index (κ3) is 4.82. The molecule has 0 bridgehead atoms. The molecule has 0 saturated carbocycles. The number of ether oxygens (including phenoxy) is 3. The number of carbonyl (C=O) groups is 2. The van der Waals surface area contributed by atoms with E-state index in [2.05, 4.69) is 0 Å². The average Bonchev–Trinajstić information content (AvgIpc) is 2.86. The lowest BCUT2D eigenvalue weighted by atomic mass is 9.96. The monoisotopic (exact) mass is 482 g/mol. The standard InChI is InChI=1S/C31H30O5/c1-7-24-27(35-30(32)22-12-8-18(2)9-13-22)25-16-20(4)21(5)17-26(25)29(28(24)34-6)36-31(33)23-14-10-19(3)11-15-23/h8-17H,7H2,1-6H3. The average molecular weight is 483 g/mol. The highest BCUT2D eigenvalue weighted by molar-refractivity contribution is 6.03. The molecule has 0 amide bonds. The maximum atomic E-state index is 13.1. The first-order valence-electron chi connectivity index (χ1n) is 11.9. The van der Waals surface area contributed by atoms with E-state index in [9.17, 15) is 9.59 Å². The predicted octanol–water partition coefficient (Wildman–Crippen LogP) is 7.08. The number of carbonyl (C=O) groups excluding carboxylic acids is 2. The van der Waals surface area contributed by atoms with E-state index in [1.165, 1.54) is 7.11 Å². The third-order valence-electron chi connectivity index (χ3n) is 6.40. The zero-order chi connectivity index (χ0) is 26.0. The first-order chi connectivity index (χ1) is 17.2. The van der Waals surface area contributed by atoms with Crippen molar-refractivity contribution in [3.8, 4) is 17.2 Å². The Morgan fingerprint density at radius 3 is 1.47 bits per heavy atom. The predicted molar refractivity (Wildman–Crippen MR) is 142 cm³/mol. The van der Waals surface area contributed by atoms with Gasteiger partial charge in [0.15, 0.2) is 11.5 Å². The number of aryl methyl sites for hydroxylation is 4. The van der Waals surface area contributed by atoms with Gasteiger partial charge in [0, 0.05) is 16.3 Å². The lowest BCUT2D eigenvalue weighted by molar-refractivity contribution is 0.0718. The molecule has 0 aliphatic carbocycles. The summed E-state index contributed by atoms with van der Waals surface area (Å²) < 4.78 is 17.8. The highest BCUT2D eigenvalue weighted by atomic mass is 16.6. The van der Waals surface area contributed by atoms with Crippen LogP contribution < -0.4 is 14.2 Å². The van der Waals surface area contributed by atoms with Crippen molar-refractivity contribution in [2.75, 3.05) is 7.11 Å².